The summed E-state index contributed by atoms with van der Waals surface area (Å²) in [4.78, 5) is 12.6. The summed E-state index contributed by atoms with van der Waals surface area (Å²) in [6, 6.07) is 7.81. The third kappa shape index (κ3) is 3.32. The topological polar surface area (TPSA) is 64.5 Å². The van der Waals surface area contributed by atoms with E-state index in [9.17, 15) is 0 Å². The Balaban J connectivity index is 1.72. The second-order valence-electron chi connectivity index (χ2n) is 7.10. The molecule has 0 amide bonds. The summed E-state index contributed by atoms with van der Waals surface area (Å²) in [5.74, 6) is 2.08. The number of rotatable bonds is 8. The molecule has 0 spiro atoms. The van der Waals surface area contributed by atoms with Gasteiger partial charge < -0.3 is 19.1 Å². The molecule has 2 aromatic rings. The molecule has 0 aromatic heterocycles. The average molecular weight is 395 g/mol. The van der Waals surface area contributed by atoms with E-state index < -0.39 is 0 Å². The molecule has 7 nitrogen and oxygen atoms in total. The zero-order valence-corrected chi connectivity index (χ0v) is 17.3. The van der Waals surface area contributed by atoms with Gasteiger partial charge in [-0.1, -0.05) is 0 Å². The van der Waals surface area contributed by atoms with E-state index in [-0.39, 0.29) is 0 Å². The molecule has 0 bridgehead atoms. The van der Waals surface area contributed by atoms with Gasteiger partial charge in [0.15, 0.2) is 11.5 Å². The van der Waals surface area contributed by atoms with Crippen LogP contribution in [0.1, 0.15) is 16.7 Å². The van der Waals surface area contributed by atoms with Crippen LogP contribution in [0, 0.1) is 0 Å². The number of fused-ring (bicyclic) bond motifs is 5. The van der Waals surface area contributed by atoms with Gasteiger partial charge in [-0.2, -0.15) is 0 Å². The summed E-state index contributed by atoms with van der Waals surface area (Å²) in [6.07, 6.45) is 2.12. The predicted octanol–water partition coefficient (Wildman–Crippen LogP) is 3.61. The first-order valence-electron chi connectivity index (χ1n) is 9.38. The number of nitrogens with zero attached hydrogens (tertiary/aromatic N) is 2. The molecule has 1 heterocycles. The van der Waals surface area contributed by atoms with Gasteiger partial charge in [-0.05, 0) is 50.0 Å². The van der Waals surface area contributed by atoms with E-state index in [2.05, 4.69) is 16.5 Å². The molecule has 152 valence electrons. The molecule has 2 aliphatic rings. The molecule has 0 saturated heterocycles. The number of aliphatic imine (C=N–C) groups is 1. The maximum absolute atomic E-state index is 5.71. The Morgan fingerprint density at radius 2 is 1.69 bits per heavy atom. The van der Waals surface area contributed by atoms with Crippen LogP contribution in [0.5, 0.6) is 17.2 Å². The van der Waals surface area contributed by atoms with Crippen LogP contribution in [0.15, 0.2) is 29.3 Å². The number of hydrogen-bond acceptors (Lipinski definition) is 7. The fourth-order valence-corrected chi connectivity index (χ4v) is 3.58. The van der Waals surface area contributed by atoms with E-state index in [0.717, 1.165) is 45.9 Å². The molecule has 1 aliphatic carbocycles. The van der Waals surface area contributed by atoms with E-state index in [1.807, 2.05) is 38.4 Å². The summed E-state index contributed by atoms with van der Waals surface area (Å²) in [6.45, 7) is 1.35. The zero-order valence-electron chi connectivity index (χ0n) is 17.3. The van der Waals surface area contributed by atoms with E-state index in [1.165, 1.54) is 0 Å². The monoisotopic (exact) mass is 395 g/mol. The highest BCUT2D eigenvalue weighted by Crippen LogP contribution is 2.50. The Kier molecular flexibility index (Phi) is 5.17. The second kappa shape index (κ2) is 7.77. The van der Waals surface area contributed by atoms with E-state index in [4.69, 9.17) is 24.0 Å². The van der Waals surface area contributed by atoms with Crippen molar-refractivity contribution in [3.05, 3.63) is 41.0 Å². The number of methoxy groups -OCH3 is 3. The van der Waals surface area contributed by atoms with Gasteiger partial charge in [-0.25, -0.2) is 4.99 Å². The van der Waals surface area contributed by atoms with Crippen molar-refractivity contribution in [3.8, 4) is 17.2 Å². The molecule has 7 heteroatoms. The van der Waals surface area contributed by atoms with Crippen molar-refractivity contribution in [2.24, 2.45) is 4.99 Å². The van der Waals surface area contributed by atoms with Crippen LogP contribution >= 0.6 is 0 Å². The first kappa shape index (κ1) is 19.3. The number of allylic oxidation sites excluding steroid dienone is 1. The van der Waals surface area contributed by atoms with Crippen molar-refractivity contribution in [2.75, 3.05) is 54.1 Å². The van der Waals surface area contributed by atoms with Gasteiger partial charge in [0.1, 0.15) is 11.4 Å². The number of hydrogen-bond donors (Lipinski definition) is 1. The van der Waals surface area contributed by atoms with Crippen LogP contribution in [-0.2, 0) is 4.84 Å². The Morgan fingerprint density at radius 1 is 0.966 bits per heavy atom. The molecular weight excluding hydrogens is 370 g/mol. The standard InChI is InChI=1S/C22H25N3O4/c1-25(2)8-9-29-24-22-17(26-3)7-6-16-20(22)15-10-13-11-18(27-4)19(28-5)12-14(13)21(15)23-16/h6-7,10-12,24H,8-9H2,1-5H3. The Morgan fingerprint density at radius 3 is 2.38 bits per heavy atom. The van der Waals surface area contributed by atoms with Crippen LogP contribution in [0.2, 0.25) is 0 Å². The molecule has 2 aromatic carbocycles. The number of benzene rings is 2. The van der Waals surface area contributed by atoms with Crippen molar-refractivity contribution in [3.63, 3.8) is 0 Å². The highest BCUT2D eigenvalue weighted by atomic mass is 16.6. The first-order valence-corrected chi connectivity index (χ1v) is 9.38. The average Bonchev–Trinajstić information content (AvgIpc) is 3.25. The highest BCUT2D eigenvalue weighted by Gasteiger charge is 2.33. The fourth-order valence-electron chi connectivity index (χ4n) is 3.58. The number of likely N-dealkylation sites (N-methyl/N-ethyl adjacent to an activating group) is 1. The molecule has 0 fully saturated rings. The predicted molar refractivity (Wildman–Crippen MR) is 115 cm³/mol. The lowest BCUT2D eigenvalue weighted by Crippen LogP contribution is -2.20. The van der Waals surface area contributed by atoms with Crippen molar-refractivity contribution in [1.82, 2.24) is 4.90 Å². The summed E-state index contributed by atoms with van der Waals surface area (Å²) >= 11 is 0. The fraction of sp³-hybridized carbons (Fsp3) is 0.318. The lowest BCUT2D eigenvalue weighted by Gasteiger charge is -2.16. The van der Waals surface area contributed by atoms with Gasteiger partial charge >= 0.3 is 0 Å². The van der Waals surface area contributed by atoms with Crippen LogP contribution in [0.25, 0.3) is 11.6 Å². The van der Waals surface area contributed by atoms with Gasteiger partial charge in [0.05, 0.1) is 39.3 Å². The summed E-state index contributed by atoms with van der Waals surface area (Å²) in [5, 5.41) is 0. The van der Waals surface area contributed by atoms with Gasteiger partial charge in [0, 0.05) is 23.2 Å². The van der Waals surface area contributed by atoms with Crippen LogP contribution in [-0.4, -0.2) is 59.2 Å². The normalized spacial score (nSPS) is 13.4. The Hall–Kier alpha value is -3.03. The van der Waals surface area contributed by atoms with E-state index in [0.29, 0.717) is 23.9 Å². The van der Waals surface area contributed by atoms with Crippen molar-refractivity contribution in [1.29, 1.82) is 0 Å². The molecule has 0 saturated carbocycles. The Labute approximate surface area is 170 Å². The first-order chi connectivity index (χ1) is 14.1. The lowest BCUT2D eigenvalue weighted by atomic mass is 10.0. The van der Waals surface area contributed by atoms with Gasteiger partial charge in [-0.3, -0.25) is 10.3 Å². The molecule has 0 unspecified atom stereocenters. The third-order valence-electron chi connectivity index (χ3n) is 5.05. The molecule has 29 heavy (non-hydrogen) atoms. The lowest BCUT2D eigenvalue weighted by molar-refractivity contribution is 0.167. The largest absolute Gasteiger partial charge is 0.494 e. The van der Waals surface area contributed by atoms with Crippen LogP contribution in [0.4, 0.5) is 11.4 Å². The molecule has 0 atom stereocenters. The molecule has 1 N–H and O–H groups in total. The summed E-state index contributed by atoms with van der Waals surface area (Å²) in [5.41, 5.74) is 9.73. The SMILES string of the molecule is COc1cc2c(cc1OC)C1=Nc3ccc(OC)c(NOCCN(C)C)c3C1=C2. The quantitative estimate of drug-likeness (QED) is 0.544. The Bertz CT molecular complexity index is 1010. The molecular formula is C22H25N3O4. The van der Waals surface area contributed by atoms with Crippen molar-refractivity contribution >= 4 is 28.7 Å². The van der Waals surface area contributed by atoms with Gasteiger partial charge in [0.25, 0.3) is 0 Å². The number of ether oxygens (including phenoxy) is 3. The third-order valence-corrected chi connectivity index (χ3v) is 5.05. The van der Waals surface area contributed by atoms with Crippen molar-refractivity contribution in [2.45, 2.75) is 0 Å². The van der Waals surface area contributed by atoms with E-state index in [1.54, 1.807) is 21.3 Å². The maximum atomic E-state index is 5.71. The van der Waals surface area contributed by atoms with Crippen molar-refractivity contribution < 1.29 is 19.0 Å². The second-order valence-corrected chi connectivity index (χ2v) is 7.10. The summed E-state index contributed by atoms with van der Waals surface area (Å²) in [7, 11) is 8.94. The minimum atomic E-state index is 0.543. The summed E-state index contributed by atoms with van der Waals surface area (Å²) < 4.78 is 16.5. The van der Waals surface area contributed by atoms with Crippen LogP contribution in [0.3, 0.4) is 0 Å². The minimum absolute atomic E-state index is 0.543. The van der Waals surface area contributed by atoms with Gasteiger partial charge in [-0.15, -0.1) is 0 Å². The molecule has 1 aliphatic heterocycles. The highest BCUT2D eigenvalue weighted by molar-refractivity contribution is 6.44. The molecule has 4 rings (SSSR count). The number of nitrogens with one attached hydrogen (secondary N) is 1. The number of anilines is 1. The molecule has 0 radical (unpaired) electrons. The smallest absolute Gasteiger partial charge is 0.161 e. The minimum Gasteiger partial charge on any atom is -0.494 e. The van der Waals surface area contributed by atoms with Gasteiger partial charge in [0.2, 0.25) is 0 Å². The van der Waals surface area contributed by atoms with Crippen LogP contribution < -0.4 is 19.7 Å². The maximum Gasteiger partial charge on any atom is 0.161 e. The van der Waals surface area contributed by atoms with E-state index >= 15 is 0 Å². The zero-order chi connectivity index (χ0) is 20.5.